The molecule has 0 amide bonds. The Morgan fingerprint density at radius 3 is 1.31 bits per heavy atom. The van der Waals surface area contributed by atoms with E-state index in [-0.39, 0.29) is 25.6 Å². The molecule has 0 radical (unpaired) electrons. The number of phosphoric acid groups is 1. The second kappa shape index (κ2) is 47.1. The zero-order valence-corrected chi connectivity index (χ0v) is 43.9. The van der Waals surface area contributed by atoms with Crippen molar-refractivity contribution in [3.8, 4) is 0 Å². The summed E-state index contributed by atoms with van der Waals surface area (Å²) in [5.74, 6) is -0.791. The van der Waals surface area contributed by atoms with E-state index in [0.717, 1.165) is 64.2 Å². The minimum Gasteiger partial charge on any atom is -0.462 e. The van der Waals surface area contributed by atoms with Crippen molar-refractivity contribution in [1.29, 1.82) is 0 Å². The minimum atomic E-state index is -4.38. The Hall–Kier alpha value is -2.03. The number of phosphoric ester groups is 1. The van der Waals surface area contributed by atoms with Crippen molar-refractivity contribution in [3.63, 3.8) is 0 Å². The molecule has 0 bridgehead atoms. The Morgan fingerprint density at radius 2 is 0.877 bits per heavy atom. The first-order valence-corrected chi connectivity index (χ1v) is 28.4. The molecule has 0 fully saturated rings. The highest BCUT2D eigenvalue weighted by molar-refractivity contribution is 7.47. The van der Waals surface area contributed by atoms with E-state index < -0.39 is 26.5 Å². The van der Waals surface area contributed by atoms with Crippen molar-refractivity contribution in [2.75, 3.05) is 47.5 Å². The van der Waals surface area contributed by atoms with Crippen LogP contribution in [0.4, 0.5) is 0 Å². The topological polar surface area (TPSA) is 108 Å². The van der Waals surface area contributed by atoms with Crippen LogP contribution in [0.25, 0.3) is 0 Å². The number of carbonyl (C=O) groups is 2. The first kappa shape index (κ1) is 63.0. The molecule has 0 aromatic rings. The van der Waals surface area contributed by atoms with Gasteiger partial charge in [0.2, 0.25) is 0 Å². The van der Waals surface area contributed by atoms with E-state index in [1.165, 1.54) is 141 Å². The Kier molecular flexibility index (Phi) is 45.6. The fourth-order valence-electron chi connectivity index (χ4n) is 7.48. The second-order valence-electron chi connectivity index (χ2n) is 19.2. The van der Waals surface area contributed by atoms with Crippen LogP contribution in [0.1, 0.15) is 239 Å². The lowest BCUT2D eigenvalue weighted by molar-refractivity contribution is -0.870. The number of quaternary nitrogens is 1. The van der Waals surface area contributed by atoms with Gasteiger partial charge in [0.05, 0.1) is 27.7 Å². The Labute approximate surface area is 401 Å². The van der Waals surface area contributed by atoms with E-state index in [4.69, 9.17) is 18.5 Å². The molecule has 0 rings (SSSR count). The van der Waals surface area contributed by atoms with Gasteiger partial charge in [0.1, 0.15) is 19.8 Å². The lowest BCUT2D eigenvalue weighted by atomic mass is 10.0. The first-order chi connectivity index (χ1) is 31.5. The molecule has 2 atom stereocenters. The van der Waals surface area contributed by atoms with Gasteiger partial charge in [-0.05, 0) is 51.4 Å². The predicted molar refractivity (Wildman–Crippen MR) is 275 cm³/mol. The molecular formula is C55H103NO8P+. The molecule has 0 spiro atoms. The van der Waals surface area contributed by atoms with Gasteiger partial charge >= 0.3 is 19.8 Å². The molecule has 0 aromatic heterocycles. The van der Waals surface area contributed by atoms with Crippen molar-refractivity contribution in [1.82, 2.24) is 0 Å². The number of carbonyl (C=O) groups excluding carboxylic acids is 2. The molecule has 0 aromatic carbocycles. The molecule has 65 heavy (non-hydrogen) atoms. The van der Waals surface area contributed by atoms with Crippen molar-refractivity contribution in [3.05, 3.63) is 48.6 Å². The van der Waals surface area contributed by atoms with Crippen molar-refractivity contribution >= 4 is 19.8 Å². The summed E-state index contributed by atoms with van der Waals surface area (Å²) in [6.07, 6.45) is 57.3. The van der Waals surface area contributed by atoms with Gasteiger partial charge in [-0.15, -0.1) is 0 Å². The van der Waals surface area contributed by atoms with Crippen LogP contribution in [-0.2, 0) is 32.7 Å². The summed E-state index contributed by atoms with van der Waals surface area (Å²) in [6.45, 7) is 4.34. The SMILES string of the molecule is CC/C=C\C/C=C\C/C=C\C/C=C\CCCCCCCCCCCCCCC(=O)OC(COC(=O)CCCCCCCCCCCCCCCCCC)COP(=O)(O)OCC[N+](C)(C)C. The molecule has 0 aliphatic rings. The fourth-order valence-corrected chi connectivity index (χ4v) is 8.22. The lowest BCUT2D eigenvalue weighted by Gasteiger charge is -2.24. The Bertz CT molecular complexity index is 1240. The normalized spacial score (nSPS) is 13.8. The third-order valence-corrected chi connectivity index (χ3v) is 12.6. The molecule has 0 aliphatic carbocycles. The van der Waals surface area contributed by atoms with Crippen LogP contribution in [0, 0.1) is 0 Å². The van der Waals surface area contributed by atoms with Gasteiger partial charge in [-0.3, -0.25) is 18.6 Å². The smallest absolute Gasteiger partial charge is 0.462 e. The third-order valence-electron chi connectivity index (χ3n) is 11.6. The summed E-state index contributed by atoms with van der Waals surface area (Å²) in [5, 5.41) is 0. The van der Waals surface area contributed by atoms with E-state index >= 15 is 0 Å². The molecule has 10 heteroatoms. The van der Waals surface area contributed by atoms with E-state index in [9.17, 15) is 19.0 Å². The van der Waals surface area contributed by atoms with Gasteiger partial charge in [-0.25, -0.2) is 4.57 Å². The average Bonchev–Trinajstić information content (AvgIpc) is 3.26. The number of esters is 2. The number of hydrogen-bond donors (Lipinski definition) is 1. The molecule has 0 aliphatic heterocycles. The van der Waals surface area contributed by atoms with Gasteiger partial charge in [-0.1, -0.05) is 223 Å². The van der Waals surface area contributed by atoms with E-state index in [2.05, 4.69) is 62.5 Å². The van der Waals surface area contributed by atoms with Gasteiger partial charge in [0, 0.05) is 12.8 Å². The third kappa shape index (κ3) is 51.2. The number of hydrogen-bond acceptors (Lipinski definition) is 7. The Balaban J connectivity index is 4.18. The maximum Gasteiger partial charge on any atom is 0.472 e. The highest BCUT2D eigenvalue weighted by Gasteiger charge is 2.27. The zero-order chi connectivity index (χ0) is 47.8. The lowest BCUT2D eigenvalue weighted by Crippen LogP contribution is -2.37. The van der Waals surface area contributed by atoms with Crippen LogP contribution in [-0.4, -0.2) is 74.9 Å². The number of allylic oxidation sites excluding steroid dienone is 8. The molecule has 0 heterocycles. The number of ether oxygens (including phenoxy) is 2. The van der Waals surface area contributed by atoms with Crippen LogP contribution in [0.15, 0.2) is 48.6 Å². The zero-order valence-electron chi connectivity index (χ0n) is 43.0. The molecule has 2 unspecified atom stereocenters. The van der Waals surface area contributed by atoms with E-state index in [1.54, 1.807) is 0 Å². The minimum absolute atomic E-state index is 0.0320. The Morgan fingerprint density at radius 1 is 0.492 bits per heavy atom. The largest absolute Gasteiger partial charge is 0.472 e. The molecule has 0 saturated carbocycles. The molecule has 1 N–H and O–H groups in total. The van der Waals surface area contributed by atoms with E-state index in [1.807, 2.05) is 21.1 Å². The van der Waals surface area contributed by atoms with Crippen LogP contribution in [0.5, 0.6) is 0 Å². The number of unbranched alkanes of at least 4 members (excludes halogenated alkanes) is 27. The molecular weight excluding hydrogens is 834 g/mol. The van der Waals surface area contributed by atoms with Crippen molar-refractivity contribution in [2.45, 2.75) is 245 Å². The van der Waals surface area contributed by atoms with Crippen LogP contribution in [0.2, 0.25) is 0 Å². The highest BCUT2D eigenvalue weighted by Crippen LogP contribution is 2.43. The first-order valence-electron chi connectivity index (χ1n) is 26.9. The van der Waals surface area contributed by atoms with Crippen molar-refractivity contribution in [2.24, 2.45) is 0 Å². The van der Waals surface area contributed by atoms with Crippen molar-refractivity contribution < 1.29 is 42.1 Å². The summed E-state index contributed by atoms with van der Waals surface area (Å²) in [5.41, 5.74) is 0. The monoisotopic (exact) mass is 937 g/mol. The predicted octanol–water partition coefficient (Wildman–Crippen LogP) is 16.2. The highest BCUT2D eigenvalue weighted by atomic mass is 31.2. The molecule has 0 saturated heterocycles. The molecule has 9 nitrogen and oxygen atoms in total. The van der Waals surface area contributed by atoms with Gasteiger partial charge < -0.3 is 18.9 Å². The van der Waals surface area contributed by atoms with Gasteiger partial charge in [0.25, 0.3) is 0 Å². The average molecular weight is 937 g/mol. The summed E-state index contributed by atoms with van der Waals surface area (Å²) in [7, 11) is 1.48. The summed E-state index contributed by atoms with van der Waals surface area (Å²) < 4.78 is 34.5. The molecule has 380 valence electrons. The number of likely N-dealkylation sites (N-methyl/N-ethyl adjacent to an activating group) is 1. The van der Waals surface area contributed by atoms with Crippen LogP contribution < -0.4 is 0 Å². The van der Waals surface area contributed by atoms with Crippen LogP contribution in [0.3, 0.4) is 0 Å². The number of rotatable bonds is 49. The van der Waals surface area contributed by atoms with E-state index in [0.29, 0.717) is 23.9 Å². The maximum atomic E-state index is 12.8. The standard InChI is InChI=1S/C55H102NO8P/c1-6-8-10-12-14-16-18-20-22-24-25-26-27-28-29-30-31-32-34-36-38-40-42-44-46-48-55(58)64-53(52-63-65(59,60)62-50-49-56(3,4)5)51-61-54(57)47-45-43-41-39-37-35-33-23-21-19-17-15-13-11-9-7-2/h8,10,14,16,20,22,25-26,53H,6-7,9,11-13,15,17-19,21,23-24,27-52H2,1-5H3/p+1/b10-8-,16-14-,22-20-,26-25-. The number of nitrogens with zero attached hydrogens (tertiary/aromatic N) is 1. The summed E-state index contributed by atoms with van der Waals surface area (Å²) in [6, 6.07) is 0. The summed E-state index contributed by atoms with van der Waals surface area (Å²) in [4.78, 5) is 35.6. The fraction of sp³-hybridized carbons (Fsp3) is 0.818. The van der Waals surface area contributed by atoms with Crippen LogP contribution >= 0.6 is 7.82 Å². The quantitative estimate of drug-likeness (QED) is 0.0211. The second-order valence-corrected chi connectivity index (χ2v) is 20.7. The van der Waals surface area contributed by atoms with Gasteiger partial charge in [0.15, 0.2) is 6.10 Å². The summed E-state index contributed by atoms with van der Waals surface area (Å²) >= 11 is 0. The van der Waals surface area contributed by atoms with Gasteiger partial charge in [-0.2, -0.15) is 0 Å². The maximum absolute atomic E-state index is 12.8.